The van der Waals surface area contributed by atoms with Gasteiger partial charge < -0.3 is 34.1 Å². The Bertz CT molecular complexity index is 2640. The van der Waals surface area contributed by atoms with Crippen molar-refractivity contribution in [2.75, 3.05) is 36.0 Å². The van der Waals surface area contributed by atoms with Crippen LogP contribution in [0.4, 0.5) is 47.2 Å². The van der Waals surface area contributed by atoms with E-state index in [4.69, 9.17) is 24.3 Å². The first-order chi connectivity index (χ1) is 31.7. The molecule has 0 amide bonds. The summed E-state index contributed by atoms with van der Waals surface area (Å²) in [5.41, 5.74) is 3.35. The molecule has 10 rings (SSSR count). The molecule has 17 nitrogen and oxygen atoms in total. The maximum Gasteiger partial charge on any atom is 0.419 e. The predicted octanol–water partition coefficient (Wildman–Crippen LogP) is 8.24. The Morgan fingerprint density at radius 3 is 1.51 bits per heavy atom. The molecule has 2 aliphatic heterocycles. The lowest BCUT2D eigenvalue weighted by atomic mass is 9.82. The maximum atomic E-state index is 13.5. The molecule has 4 atom stereocenters. The molecular formula is C41H44BrF8N13O4. The Morgan fingerprint density at radius 1 is 0.657 bits per heavy atom. The number of hydrogen-bond donors (Lipinski definition) is 1. The van der Waals surface area contributed by atoms with E-state index in [1.807, 2.05) is 6.92 Å². The van der Waals surface area contributed by atoms with Gasteiger partial charge in [-0.05, 0) is 121 Å². The average Bonchev–Trinajstić information content (AvgIpc) is 4.10. The minimum absolute atomic E-state index is 0.0217. The summed E-state index contributed by atoms with van der Waals surface area (Å²) in [7, 11) is 3.11. The molecule has 2 N–H and O–H groups in total. The molecule has 67 heavy (non-hydrogen) atoms. The molecule has 2 saturated carbocycles. The molecule has 4 fully saturated rings. The molecule has 4 aliphatic rings. The summed E-state index contributed by atoms with van der Waals surface area (Å²) in [6.07, 6.45) is -4.30. The first-order valence-corrected chi connectivity index (χ1v) is 21.9. The number of halogens is 9. The number of anilines is 2. The van der Waals surface area contributed by atoms with E-state index >= 15 is 0 Å². The summed E-state index contributed by atoms with van der Waals surface area (Å²) in [4.78, 5) is 21.1. The predicted molar refractivity (Wildman–Crippen MR) is 223 cm³/mol. The topological polar surface area (TPSA) is 190 Å². The van der Waals surface area contributed by atoms with Gasteiger partial charge in [0.1, 0.15) is 23.1 Å². The van der Waals surface area contributed by atoms with E-state index in [1.54, 1.807) is 14.0 Å². The van der Waals surface area contributed by atoms with Crippen LogP contribution in [0.3, 0.4) is 0 Å². The van der Waals surface area contributed by atoms with Gasteiger partial charge in [0.25, 0.3) is 0 Å². The Kier molecular flexibility index (Phi) is 13.5. The molecule has 0 radical (unpaired) electrons. The van der Waals surface area contributed by atoms with Crippen LogP contribution >= 0.6 is 15.9 Å². The van der Waals surface area contributed by atoms with Gasteiger partial charge in [0.15, 0.2) is 17.5 Å². The zero-order valence-corrected chi connectivity index (χ0v) is 37.9. The first-order valence-electron chi connectivity index (χ1n) is 21.1. The number of nitrogens with zero attached hydrogens (tertiary/aromatic N) is 12. The van der Waals surface area contributed by atoms with Crippen LogP contribution in [0, 0.1) is 55.1 Å². The van der Waals surface area contributed by atoms with Gasteiger partial charge in [-0.15, -0.1) is 5.10 Å². The lowest BCUT2D eigenvalue weighted by Gasteiger charge is -2.36. The molecular weight excluding hydrogens is 970 g/mol. The van der Waals surface area contributed by atoms with Gasteiger partial charge in [0.2, 0.25) is 4.73 Å². The minimum atomic E-state index is -4.82. The molecule has 2 aromatic carbocycles. The fourth-order valence-corrected chi connectivity index (χ4v) is 9.48. The molecule has 4 aromatic heterocycles. The van der Waals surface area contributed by atoms with Crippen molar-refractivity contribution in [3.05, 3.63) is 81.4 Å². The van der Waals surface area contributed by atoms with Gasteiger partial charge in [-0.25, -0.2) is 18.1 Å². The van der Waals surface area contributed by atoms with E-state index in [2.05, 4.69) is 66.2 Å². The highest BCUT2D eigenvalue weighted by molar-refractivity contribution is 9.10. The number of aromatic nitrogens is 10. The summed E-state index contributed by atoms with van der Waals surface area (Å²) in [6.45, 7) is 7.20. The van der Waals surface area contributed by atoms with E-state index in [9.17, 15) is 35.1 Å². The van der Waals surface area contributed by atoms with Crippen LogP contribution in [-0.4, -0.2) is 82.0 Å². The number of nitrogens with two attached hydrogens (primary N) is 1. The Balaban J connectivity index is 0.000000151. The maximum absolute atomic E-state index is 13.5. The van der Waals surface area contributed by atoms with E-state index in [0.29, 0.717) is 89.8 Å². The number of piperidine rings is 2. The smallest absolute Gasteiger partial charge is 0.419 e. The summed E-state index contributed by atoms with van der Waals surface area (Å²) >= 11 is 2.99. The normalized spacial score (nSPS) is 22.3. The van der Waals surface area contributed by atoms with Crippen LogP contribution in [-0.2, 0) is 32.9 Å². The van der Waals surface area contributed by atoms with E-state index in [1.165, 1.54) is 29.3 Å². The van der Waals surface area contributed by atoms with Gasteiger partial charge in [-0.3, -0.25) is 0 Å². The van der Waals surface area contributed by atoms with Gasteiger partial charge >= 0.3 is 36.4 Å². The van der Waals surface area contributed by atoms with Crippen molar-refractivity contribution in [2.45, 2.75) is 64.3 Å². The number of alkyl halides is 6. The highest BCUT2D eigenvalue weighted by atomic mass is 79.9. The SMILES string of the molecule is Cc1noc(N2CC3CCC(C2)C3Cc2nc(Oc3ccc(F)c(C(F)(F)F)c3)n(C)n2)n1.Cc1noc(N2CC3CCC(C2)C3N)n1.Cn1nc(Br)nc1Oc1ccc(F)c(C(F)(F)F)c1. The second kappa shape index (κ2) is 19.0. The standard InChI is InChI=1S/C21H22F4N6O2.C10H6BrF4N3O.C10H16N4O/c1-11-26-20(33-29-11)31-9-12-3-4-13(10-31)15(12)8-18-27-19(30(2)28-18)32-14-5-6-17(22)16(7-14)21(23,24)25;1-18-9(16-8(11)17-18)19-5-2-3-7(12)6(4-5)10(13,14)15;1-6-12-10(15-13-6)14-4-7-2-3-8(5-14)9(7)11/h5-7,12-13,15H,3-4,8-10H2,1-2H3;2-4H,1H3;7-9H,2-5,11H2,1H3. The molecule has 4 unspecified atom stereocenters. The zero-order valence-electron chi connectivity index (χ0n) is 36.3. The largest absolute Gasteiger partial charge is 0.424 e. The average molecular weight is 1010 g/mol. The Hall–Kier alpha value is -5.92. The molecule has 26 heteroatoms. The van der Waals surface area contributed by atoms with Crippen LogP contribution in [0.1, 0.15) is 54.3 Å². The second-order valence-electron chi connectivity index (χ2n) is 16.9. The highest BCUT2D eigenvalue weighted by Crippen LogP contribution is 2.45. The van der Waals surface area contributed by atoms with E-state index in [0.717, 1.165) is 57.2 Å². The highest BCUT2D eigenvalue weighted by Gasteiger charge is 2.44. The van der Waals surface area contributed by atoms with Crippen LogP contribution in [0.2, 0.25) is 0 Å². The molecule has 360 valence electrons. The van der Waals surface area contributed by atoms with Crippen molar-refractivity contribution >= 4 is 28.0 Å². The number of ether oxygens (including phenoxy) is 2. The van der Waals surface area contributed by atoms with Crippen LogP contribution in [0.25, 0.3) is 0 Å². The number of aryl methyl sites for hydroxylation is 4. The van der Waals surface area contributed by atoms with Gasteiger partial charge in [0.05, 0.1) is 11.1 Å². The molecule has 6 heterocycles. The number of fused-ring (bicyclic) bond motifs is 4. The van der Waals surface area contributed by atoms with Crippen LogP contribution < -0.4 is 25.0 Å². The van der Waals surface area contributed by atoms with Crippen LogP contribution in [0.15, 0.2) is 50.2 Å². The van der Waals surface area contributed by atoms with Crippen LogP contribution in [0.5, 0.6) is 23.5 Å². The van der Waals surface area contributed by atoms with Crippen molar-refractivity contribution in [1.29, 1.82) is 0 Å². The second-order valence-corrected chi connectivity index (χ2v) is 17.6. The van der Waals surface area contributed by atoms with E-state index in [-0.39, 0.29) is 28.3 Å². The van der Waals surface area contributed by atoms with Crippen molar-refractivity contribution in [1.82, 2.24) is 49.8 Å². The monoisotopic (exact) mass is 1010 g/mol. The lowest BCUT2D eigenvalue weighted by Crippen LogP contribution is -2.48. The van der Waals surface area contributed by atoms with Crippen molar-refractivity contribution in [3.63, 3.8) is 0 Å². The molecule has 2 saturated heterocycles. The fraction of sp³-hybridized carbons (Fsp3) is 0.512. The molecule has 6 aromatic rings. The number of benzene rings is 2. The number of hydrogen-bond acceptors (Lipinski definition) is 15. The molecule has 0 spiro atoms. The van der Waals surface area contributed by atoms with Gasteiger partial charge in [0, 0.05) is 52.7 Å². The summed E-state index contributed by atoms with van der Waals surface area (Å²) in [5.74, 6) is 1.26. The molecule has 2 aliphatic carbocycles. The summed E-state index contributed by atoms with van der Waals surface area (Å²) in [6, 6.07) is 6.43. The van der Waals surface area contributed by atoms with Crippen molar-refractivity contribution < 1.29 is 53.6 Å². The van der Waals surface area contributed by atoms with E-state index < -0.39 is 35.1 Å². The Morgan fingerprint density at radius 2 is 1.09 bits per heavy atom. The minimum Gasteiger partial charge on any atom is -0.424 e. The quantitative estimate of drug-likeness (QED) is 0.143. The summed E-state index contributed by atoms with van der Waals surface area (Å²) in [5, 5.41) is 15.9. The van der Waals surface area contributed by atoms with Crippen molar-refractivity contribution in [3.8, 4) is 23.5 Å². The van der Waals surface area contributed by atoms with Crippen molar-refractivity contribution in [2.24, 2.45) is 49.4 Å². The third kappa shape index (κ3) is 10.9. The third-order valence-electron chi connectivity index (χ3n) is 12.3. The fourth-order valence-electron chi connectivity index (χ4n) is 9.09. The number of rotatable bonds is 8. The molecule has 4 bridgehead atoms. The summed E-state index contributed by atoms with van der Waals surface area (Å²) < 4.78 is 127. The van der Waals surface area contributed by atoms with Gasteiger partial charge in [-0.2, -0.15) is 51.4 Å². The van der Waals surface area contributed by atoms with Gasteiger partial charge in [-0.1, -0.05) is 10.3 Å². The third-order valence-corrected chi connectivity index (χ3v) is 12.6. The Labute approximate surface area is 385 Å². The zero-order chi connectivity index (χ0) is 47.9. The lowest BCUT2D eigenvalue weighted by molar-refractivity contribution is -0.140. The first kappa shape index (κ1) is 47.6.